The highest BCUT2D eigenvalue weighted by molar-refractivity contribution is 5.97. The number of carbonyl (C=O) groups excluding carboxylic acids is 3. The van der Waals surface area contributed by atoms with E-state index in [4.69, 9.17) is 5.10 Å². The number of piperazine rings is 1. The van der Waals surface area contributed by atoms with E-state index in [9.17, 15) is 14.4 Å². The third-order valence-corrected chi connectivity index (χ3v) is 6.63. The molecule has 0 radical (unpaired) electrons. The van der Waals surface area contributed by atoms with Crippen molar-refractivity contribution in [3.8, 4) is 0 Å². The first kappa shape index (κ1) is 24.9. The number of amides is 3. The monoisotopic (exact) mass is 483 g/mol. The van der Waals surface area contributed by atoms with Crippen LogP contribution in [0.1, 0.15) is 72.0 Å². The van der Waals surface area contributed by atoms with Gasteiger partial charge in [-0.25, -0.2) is 0 Å². The van der Waals surface area contributed by atoms with E-state index in [1.54, 1.807) is 21.5 Å². The smallest absolute Gasteiger partial charge is 0.275 e. The first-order valence-electron chi connectivity index (χ1n) is 12.6. The summed E-state index contributed by atoms with van der Waals surface area (Å²) in [7, 11) is 1.80. The Labute approximate surface area is 206 Å². The molecule has 0 atom stereocenters. The average Bonchev–Trinajstić information content (AvgIpc) is 3.35. The van der Waals surface area contributed by atoms with Gasteiger partial charge in [-0.3, -0.25) is 23.7 Å². The van der Waals surface area contributed by atoms with Gasteiger partial charge >= 0.3 is 0 Å². The minimum Gasteiger partial charge on any atom is -0.353 e. The molecule has 0 aromatic carbocycles. The second-order valence-corrected chi connectivity index (χ2v) is 10.5. The minimum absolute atomic E-state index is 0.0305. The largest absolute Gasteiger partial charge is 0.353 e. The second kappa shape index (κ2) is 10.2. The van der Waals surface area contributed by atoms with Gasteiger partial charge in [0.25, 0.3) is 11.8 Å². The fourth-order valence-corrected chi connectivity index (χ4v) is 4.77. The zero-order valence-electron chi connectivity index (χ0n) is 21.5. The summed E-state index contributed by atoms with van der Waals surface area (Å²) < 4.78 is 3.60. The number of hydrogen-bond acceptors (Lipinski definition) is 5. The predicted octanol–water partition coefficient (Wildman–Crippen LogP) is 1.63. The molecule has 2 aromatic heterocycles. The number of rotatable bonds is 7. The molecule has 2 aliphatic rings. The first-order chi connectivity index (χ1) is 16.6. The van der Waals surface area contributed by atoms with Gasteiger partial charge in [0.1, 0.15) is 5.69 Å². The zero-order valence-corrected chi connectivity index (χ0v) is 21.5. The van der Waals surface area contributed by atoms with Crippen molar-refractivity contribution in [3.05, 3.63) is 34.4 Å². The molecule has 10 nitrogen and oxygen atoms in total. The summed E-state index contributed by atoms with van der Waals surface area (Å²) in [6, 6.07) is 1.88. The van der Waals surface area contributed by atoms with E-state index in [2.05, 4.69) is 38.1 Å². The Hall–Kier alpha value is -3.17. The Morgan fingerprint density at radius 3 is 2.46 bits per heavy atom. The molecule has 0 unspecified atom stereocenters. The maximum atomic E-state index is 13.5. The number of aromatic nitrogens is 4. The van der Waals surface area contributed by atoms with Crippen molar-refractivity contribution in [2.24, 2.45) is 18.9 Å². The Bertz CT molecular complexity index is 1110. The number of nitrogens with zero attached hydrogens (tertiary/aromatic N) is 6. The van der Waals surface area contributed by atoms with E-state index in [0.717, 1.165) is 36.3 Å². The standard InChI is InChI=1S/C25H37N7O3/c1-16(2)6-10-32-20-7-9-30(24(34)21-13-18(12-17(3)4)27-29(21)5)14-19(20)23(28-32)25(35)31-11-8-26-22(33)15-31/h13,16-17H,6-12,14-15H2,1-5H3,(H,26,33). The number of carbonyl (C=O) groups is 3. The molecule has 0 aliphatic carbocycles. The molecular formula is C25H37N7O3. The van der Waals surface area contributed by atoms with Crippen molar-refractivity contribution in [1.82, 2.24) is 34.7 Å². The lowest BCUT2D eigenvalue weighted by molar-refractivity contribution is -0.123. The SMILES string of the molecule is CC(C)CCn1nc(C(=O)N2CCNC(=O)C2)c2c1CCN(C(=O)c1cc(CC(C)C)nn1C)C2. The van der Waals surface area contributed by atoms with Gasteiger partial charge in [-0.1, -0.05) is 27.7 Å². The molecule has 2 aliphatic heterocycles. The van der Waals surface area contributed by atoms with Gasteiger partial charge in [-0.05, 0) is 30.7 Å². The topological polar surface area (TPSA) is 105 Å². The third-order valence-electron chi connectivity index (χ3n) is 6.63. The molecule has 0 spiro atoms. The van der Waals surface area contributed by atoms with Crippen LogP contribution in [0.5, 0.6) is 0 Å². The van der Waals surface area contributed by atoms with E-state index in [1.165, 1.54) is 0 Å². The van der Waals surface area contributed by atoms with E-state index < -0.39 is 0 Å². The quantitative estimate of drug-likeness (QED) is 0.645. The maximum Gasteiger partial charge on any atom is 0.275 e. The number of hydrogen-bond donors (Lipinski definition) is 1. The van der Waals surface area contributed by atoms with E-state index in [1.807, 2.05) is 10.7 Å². The van der Waals surface area contributed by atoms with Gasteiger partial charge in [0.15, 0.2) is 5.69 Å². The molecule has 1 saturated heterocycles. The fraction of sp³-hybridized carbons (Fsp3) is 0.640. The van der Waals surface area contributed by atoms with Crippen molar-refractivity contribution in [2.75, 3.05) is 26.2 Å². The molecule has 0 bridgehead atoms. The average molecular weight is 484 g/mol. The lowest BCUT2D eigenvalue weighted by atomic mass is 10.0. The van der Waals surface area contributed by atoms with Crippen molar-refractivity contribution in [3.63, 3.8) is 0 Å². The molecule has 4 heterocycles. The van der Waals surface area contributed by atoms with Gasteiger partial charge in [0, 0.05) is 50.9 Å². The van der Waals surface area contributed by atoms with Crippen LogP contribution in [0.15, 0.2) is 6.07 Å². The van der Waals surface area contributed by atoms with Crippen LogP contribution in [0.4, 0.5) is 0 Å². The summed E-state index contributed by atoms with van der Waals surface area (Å²) in [5.41, 5.74) is 3.64. The lowest BCUT2D eigenvalue weighted by Crippen LogP contribution is -2.50. The Morgan fingerprint density at radius 1 is 1.03 bits per heavy atom. The van der Waals surface area contributed by atoms with Crippen LogP contribution >= 0.6 is 0 Å². The Balaban J connectivity index is 1.61. The number of nitrogens with one attached hydrogen (secondary N) is 1. The molecule has 190 valence electrons. The number of fused-ring (bicyclic) bond motifs is 1. The van der Waals surface area contributed by atoms with Crippen LogP contribution in [0, 0.1) is 11.8 Å². The maximum absolute atomic E-state index is 13.5. The molecule has 4 rings (SSSR count). The van der Waals surface area contributed by atoms with Crippen LogP contribution in [0.2, 0.25) is 0 Å². The fourth-order valence-electron chi connectivity index (χ4n) is 4.77. The van der Waals surface area contributed by atoms with Crippen LogP contribution < -0.4 is 5.32 Å². The molecular weight excluding hydrogens is 446 g/mol. The third kappa shape index (κ3) is 5.41. The predicted molar refractivity (Wildman–Crippen MR) is 131 cm³/mol. The van der Waals surface area contributed by atoms with Crippen molar-refractivity contribution in [1.29, 1.82) is 0 Å². The van der Waals surface area contributed by atoms with Crippen molar-refractivity contribution >= 4 is 17.7 Å². The molecule has 0 saturated carbocycles. The second-order valence-electron chi connectivity index (χ2n) is 10.5. The molecule has 10 heteroatoms. The van der Waals surface area contributed by atoms with E-state index in [0.29, 0.717) is 55.8 Å². The summed E-state index contributed by atoms with van der Waals surface area (Å²) >= 11 is 0. The summed E-state index contributed by atoms with van der Waals surface area (Å²) in [5.74, 6) is 0.460. The van der Waals surface area contributed by atoms with Gasteiger partial charge < -0.3 is 15.1 Å². The van der Waals surface area contributed by atoms with Gasteiger partial charge in [-0.2, -0.15) is 10.2 Å². The molecule has 2 aromatic rings. The van der Waals surface area contributed by atoms with Crippen LogP contribution in [0.3, 0.4) is 0 Å². The van der Waals surface area contributed by atoms with Gasteiger partial charge in [0.2, 0.25) is 5.91 Å². The lowest BCUT2D eigenvalue weighted by Gasteiger charge is -2.29. The summed E-state index contributed by atoms with van der Waals surface area (Å²) in [4.78, 5) is 42.1. The van der Waals surface area contributed by atoms with E-state index in [-0.39, 0.29) is 24.3 Å². The summed E-state index contributed by atoms with van der Waals surface area (Å²) in [5, 5.41) is 12.0. The molecule has 1 N–H and O–H groups in total. The Kier molecular flexibility index (Phi) is 7.28. The number of aryl methyl sites for hydroxylation is 2. The van der Waals surface area contributed by atoms with Gasteiger partial charge in [-0.15, -0.1) is 0 Å². The van der Waals surface area contributed by atoms with Crippen LogP contribution in [-0.4, -0.2) is 73.3 Å². The summed E-state index contributed by atoms with van der Waals surface area (Å²) in [6.07, 6.45) is 2.40. The molecule has 35 heavy (non-hydrogen) atoms. The van der Waals surface area contributed by atoms with Crippen molar-refractivity contribution in [2.45, 2.75) is 60.0 Å². The Morgan fingerprint density at radius 2 is 1.77 bits per heavy atom. The highest BCUT2D eigenvalue weighted by atomic mass is 16.2. The van der Waals surface area contributed by atoms with Crippen LogP contribution in [-0.2, 0) is 37.8 Å². The van der Waals surface area contributed by atoms with Gasteiger partial charge in [0.05, 0.1) is 18.8 Å². The normalized spacial score (nSPS) is 16.1. The molecule has 3 amide bonds. The highest BCUT2D eigenvalue weighted by Gasteiger charge is 2.34. The van der Waals surface area contributed by atoms with Crippen molar-refractivity contribution < 1.29 is 14.4 Å². The zero-order chi connectivity index (χ0) is 25.3. The summed E-state index contributed by atoms with van der Waals surface area (Å²) in [6.45, 7) is 11.1. The first-order valence-corrected chi connectivity index (χ1v) is 12.6. The highest BCUT2D eigenvalue weighted by Crippen LogP contribution is 2.26. The van der Waals surface area contributed by atoms with Crippen LogP contribution in [0.25, 0.3) is 0 Å². The van der Waals surface area contributed by atoms with E-state index >= 15 is 0 Å². The minimum atomic E-state index is -0.242. The molecule has 1 fully saturated rings.